The predicted molar refractivity (Wildman–Crippen MR) is 90.9 cm³/mol. The molecule has 8 heteroatoms. The first-order valence-corrected chi connectivity index (χ1v) is 8.00. The number of anilines is 1. The smallest absolute Gasteiger partial charge is 0.378 e. The Morgan fingerprint density at radius 1 is 1.44 bits per heavy atom. The summed E-state index contributed by atoms with van der Waals surface area (Å²) in [5, 5.41) is 14.8. The van der Waals surface area contributed by atoms with Gasteiger partial charge in [0.05, 0.1) is 17.1 Å². The first kappa shape index (κ1) is 16.8. The molecular formula is C17H17N3O5. The van der Waals surface area contributed by atoms with Gasteiger partial charge in [0.15, 0.2) is 5.54 Å². The Balaban J connectivity index is 2.25. The second-order valence-electron chi connectivity index (χ2n) is 5.73. The van der Waals surface area contributed by atoms with Crippen molar-refractivity contribution in [3.8, 4) is 0 Å². The van der Waals surface area contributed by atoms with Crippen molar-refractivity contribution in [2.24, 2.45) is 4.99 Å². The van der Waals surface area contributed by atoms with Crippen LogP contribution in [0.25, 0.3) is 0 Å². The molecule has 0 fully saturated rings. The quantitative estimate of drug-likeness (QED) is 0.378. The second-order valence-corrected chi connectivity index (χ2v) is 5.73. The zero-order chi connectivity index (χ0) is 18.0. The third kappa shape index (κ3) is 2.69. The molecule has 1 aromatic carbocycles. The van der Waals surface area contributed by atoms with Crippen LogP contribution >= 0.6 is 0 Å². The lowest BCUT2D eigenvalue weighted by Gasteiger charge is -2.28. The Labute approximate surface area is 143 Å². The Morgan fingerprint density at radius 2 is 2.24 bits per heavy atom. The maximum atomic E-state index is 12.8. The minimum absolute atomic E-state index is 0.0324. The fourth-order valence-corrected chi connectivity index (χ4v) is 3.26. The standard InChI is InChI=1S/C17H17N3O5/c1-2-25-16(22)15(21)17(8-4-10-19-17)14-11-5-3-9-18-12(11)6-7-13(14)20(23)24/h4,6-8,10,18H,2-3,5,9H2,1H3. The highest BCUT2D eigenvalue weighted by Crippen LogP contribution is 2.43. The van der Waals surface area contributed by atoms with Crippen LogP contribution in [0.5, 0.6) is 0 Å². The number of allylic oxidation sites excluding steroid dienone is 1. The van der Waals surface area contributed by atoms with Crippen molar-refractivity contribution in [3.63, 3.8) is 0 Å². The van der Waals surface area contributed by atoms with E-state index in [0.29, 0.717) is 12.0 Å². The number of carbonyl (C=O) groups excluding carboxylic acids is 2. The highest BCUT2D eigenvalue weighted by Gasteiger charge is 2.49. The zero-order valence-corrected chi connectivity index (χ0v) is 13.7. The molecule has 1 aromatic rings. The number of nitrogens with one attached hydrogen (secondary N) is 1. The molecule has 2 aliphatic rings. The number of nitrogens with zero attached hydrogens (tertiary/aromatic N) is 2. The van der Waals surface area contributed by atoms with Gasteiger partial charge < -0.3 is 10.1 Å². The summed E-state index contributed by atoms with van der Waals surface area (Å²) >= 11 is 0. The van der Waals surface area contributed by atoms with Crippen LogP contribution < -0.4 is 5.32 Å². The second kappa shape index (κ2) is 6.46. The number of fused-ring (bicyclic) bond motifs is 1. The lowest BCUT2D eigenvalue weighted by atomic mass is 9.80. The molecule has 0 saturated heterocycles. The molecule has 1 atom stereocenters. The summed E-state index contributed by atoms with van der Waals surface area (Å²) in [5.41, 5.74) is -0.479. The maximum absolute atomic E-state index is 12.8. The van der Waals surface area contributed by atoms with Gasteiger partial charge in [0.25, 0.3) is 11.5 Å². The van der Waals surface area contributed by atoms with Crippen LogP contribution in [0.2, 0.25) is 0 Å². The molecule has 8 nitrogen and oxygen atoms in total. The van der Waals surface area contributed by atoms with E-state index in [1.165, 1.54) is 24.4 Å². The molecule has 0 aromatic heterocycles. The van der Waals surface area contributed by atoms with E-state index in [2.05, 4.69) is 10.3 Å². The topological polar surface area (TPSA) is 111 Å². The molecular weight excluding hydrogens is 326 g/mol. The molecule has 1 N–H and O–H groups in total. The van der Waals surface area contributed by atoms with E-state index in [1.54, 1.807) is 13.0 Å². The summed E-state index contributed by atoms with van der Waals surface area (Å²) in [5.74, 6) is -1.98. The number of hydrogen-bond donors (Lipinski definition) is 1. The fraction of sp³-hybridized carbons (Fsp3) is 0.353. The van der Waals surface area contributed by atoms with E-state index in [9.17, 15) is 19.7 Å². The number of aliphatic imine (C=N–C) groups is 1. The van der Waals surface area contributed by atoms with Gasteiger partial charge in [0, 0.05) is 24.5 Å². The van der Waals surface area contributed by atoms with Gasteiger partial charge in [-0.2, -0.15) is 0 Å². The Kier molecular flexibility index (Phi) is 4.35. The molecule has 2 aliphatic heterocycles. The Hall–Kier alpha value is -3.03. The Morgan fingerprint density at radius 3 is 2.88 bits per heavy atom. The van der Waals surface area contributed by atoms with E-state index >= 15 is 0 Å². The van der Waals surface area contributed by atoms with Crippen molar-refractivity contribution < 1.29 is 19.2 Å². The zero-order valence-electron chi connectivity index (χ0n) is 13.7. The van der Waals surface area contributed by atoms with Gasteiger partial charge in [0.2, 0.25) is 0 Å². The average Bonchev–Trinajstić information content (AvgIpc) is 3.10. The molecule has 1 unspecified atom stereocenters. The monoisotopic (exact) mass is 343 g/mol. The number of hydrogen-bond acceptors (Lipinski definition) is 7. The van der Waals surface area contributed by atoms with Crippen LogP contribution in [0, 0.1) is 10.1 Å². The van der Waals surface area contributed by atoms with E-state index in [0.717, 1.165) is 18.7 Å². The van der Waals surface area contributed by atoms with Crippen LogP contribution in [-0.4, -0.2) is 36.0 Å². The number of Topliss-reactive ketones (excluding diaryl/α,β-unsaturated/α-hetero) is 1. The summed E-state index contributed by atoms with van der Waals surface area (Å²) in [4.78, 5) is 40.2. The number of esters is 1. The summed E-state index contributed by atoms with van der Waals surface area (Å²) in [6.07, 6.45) is 5.62. The van der Waals surface area contributed by atoms with Gasteiger partial charge in [-0.05, 0) is 43.5 Å². The SMILES string of the molecule is CCOC(=O)C(=O)C1(c2c([N+](=O)[O-])ccc3c2CCCN3)C=CC=N1. The van der Waals surface area contributed by atoms with Crippen LogP contribution in [0.1, 0.15) is 24.5 Å². The normalized spacial score (nSPS) is 20.7. The third-order valence-electron chi connectivity index (χ3n) is 4.30. The third-order valence-corrected chi connectivity index (χ3v) is 4.30. The maximum Gasteiger partial charge on any atom is 0.378 e. The Bertz CT molecular complexity index is 801. The molecule has 0 aliphatic carbocycles. The van der Waals surface area contributed by atoms with Crippen LogP contribution in [0.3, 0.4) is 0 Å². The van der Waals surface area contributed by atoms with Crippen molar-refractivity contribution in [2.75, 3.05) is 18.5 Å². The number of ether oxygens (including phenoxy) is 1. The fourth-order valence-electron chi connectivity index (χ4n) is 3.26. The number of ketones is 1. The number of nitro benzene ring substituents is 1. The first-order chi connectivity index (χ1) is 12.0. The van der Waals surface area contributed by atoms with E-state index in [4.69, 9.17) is 4.74 Å². The van der Waals surface area contributed by atoms with Crippen LogP contribution in [0.15, 0.2) is 29.3 Å². The molecule has 0 spiro atoms. The van der Waals surface area contributed by atoms with Crippen molar-refractivity contribution >= 4 is 29.3 Å². The van der Waals surface area contributed by atoms with Gasteiger partial charge in [-0.3, -0.25) is 19.9 Å². The number of nitro groups is 1. The first-order valence-electron chi connectivity index (χ1n) is 8.00. The summed E-state index contributed by atoms with van der Waals surface area (Å²) in [6, 6.07) is 2.97. The van der Waals surface area contributed by atoms with E-state index in [1.807, 2.05) is 0 Å². The van der Waals surface area contributed by atoms with Gasteiger partial charge >= 0.3 is 5.97 Å². The molecule has 130 valence electrons. The van der Waals surface area contributed by atoms with Crippen molar-refractivity contribution in [3.05, 3.63) is 45.5 Å². The van der Waals surface area contributed by atoms with Crippen LogP contribution in [-0.2, 0) is 26.3 Å². The largest absolute Gasteiger partial charge is 0.460 e. The lowest BCUT2D eigenvalue weighted by molar-refractivity contribution is -0.385. The van der Waals surface area contributed by atoms with Gasteiger partial charge in [-0.1, -0.05) is 0 Å². The van der Waals surface area contributed by atoms with Gasteiger partial charge in [-0.25, -0.2) is 4.79 Å². The molecule has 0 radical (unpaired) electrons. The van der Waals surface area contributed by atoms with Crippen molar-refractivity contribution in [2.45, 2.75) is 25.3 Å². The van der Waals surface area contributed by atoms with Crippen molar-refractivity contribution in [1.29, 1.82) is 0 Å². The number of carbonyl (C=O) groups is 2. The highest BCUT2D eigenvalue weighted by molar-refractivity contribution is 6.38. The minimum Gasteiger partial charge on any atom is -0.460 e. The molecule has 0 bridgehead atoms. The highest BCUT2D eigenvalue weighted by atomic mass is 16.6. The molecule has 3 rings (SSSR count). The number of benzene rings is 1. The van der Waals surface area contributed by atoms with Gasteiger partial charge in [0.1, 0.15) is 0 Å². The van der Waals surface area contributed by atoms with E-state index < -0.39 is 22.2 Å². The molecule has 25 heavy (non-hydrogen) atoms. The minimum atomic E-state index is -1.75. The van der Waals surface area contributed by atoms with E-state index in [-0.39, 0.29) is 17.9 Å². The summed E-state index contributed by atoms with van der Waals surface area (Å²) in [7, 11) is 0. The average molecular weight is 343 g/mol. The molecule has 0 saturated carbocycles. The summed E-state index contributed by atoms with van der Waals surface area (Å²) in [6.45, 7) is 2.36. The molecule has 0 amide bonds. The molecule has 2 heterocycles. The predicted octanol–water partition coefficient (Wildman–Crippen LogP) is 1.92. The number of rotatable bonds is 5. The van der Waals surface area contributed by atoms with Crippen LogP contribution in [0.4, 0.5) is 11.4 Å². The van der Waals surface area contributed by atoms with Gasteiger partial charge in [-0.15, -0.1) is 0 Å². The summed E-state index contributed by atoms with van der Waals surface area (Å²) < 4.78 is 4.83. The lowest BCUT2D eigenvalue weighted by Crippen LogP contribution is -2.39. The van der Waals surface area contributed by atoms with Crippen molar-refractivity contribution in [1.82, 2.24) is 0 Å².